The van der Waals surface area contributed by atoms with Crippen molar-refractivity contribution < 1.29 is 13.9 Å². The molecule has 0 saturated carbocycles. The number of nitrogens with zero attached hydrogens (tertiary/aromatic N) is 1. The van der Waals surface area contributed by atoms with Crippen LogP contribution in [0.3, 0.4) is 0 Å². The number of halogens is 1. The number of carbonyl (C=O) groups excluding carboxylic acids is 1. The Bertz CT molecular complexity index is 675. The number of hydrogen-bond acceptors (Lipinski definition) is 4. The minimum atomic E-state index is -0.276. The average molecular weight is 362 g/mol. The van der Waals surface area contributed by atoms with E-state index in [4.69, 9.17) is 4.74 Å². The van der Waals surface area contributed by atoms with Gasteiger partial charge in [0.05, 0.1) is 18.9 Å². The molecule has 0 aliphatic rings. The topological polar surface area (TPSA) is 41.6 Å². The Morgan fingerprint density at radius 3 is 2.36 bits per heavy atom. The van der Waals surface area contributed by atoms with Gasteiger partial charge in [-0.25, -0.2) is 4.39 Å². The Balaban J connectivity index is 1.87. The minimum Gasteiger partial charge on any atom is -0.497 e. The predicted octanol–water partition coefficient (Wildman–Crippen LogP) is 3.35. The van der Waals surface area contributed by atoms with Crippen LogP contribution in [0, 0.1) is 5.82 Å². The van der Waals surface area contributed by atoms with Gasteiger partial charge < -0.3 is 15.0 Å². The first-order valence-electron chi connectivity index (χ1n) is 7.95. The minimum absolute atomic E-state index is 0.0466. The molecular formula is C19H23FN2O2S. The molecule has 1 atom stereocenters. The van der Waals surface area contributed by atoms with Crippen LogP contribution in [0.25, 0.3) is 0 Å². The van der Waals surface area contributed by atoms with E-state index in [1.54, 1.807) is 19.2 Å². The molecule has 0 heterocycles. The third-order valence-electron chi connectivity index (χ3n) is 3.80. The first-order chi connectivity index (χ1) is 12.0. The molecule has 0 aromatic heterocycles. The van der Waals surface area contributed by atoms with E-state index in [0.29, 0.717) is 12.3 Å². The molecule has 6 heteroatoms. The van der Waals surface area contributed by atoms with E-state index >= 15 is 0 Å². The lowest BCUT2D eigenvalue weighted by molar-refractivity contribution is -0.118. The second kappa shape index (κ2) is 9.44. The number of nitrogens with one attached hydrogen (secondary N) is 1. The van der Waals surface area contributed by atoms with Crippen molar-refractivity contribution in [2.45, 2.75) is 10.9 Å². The third-order valence-corrected chi connectivity index (χ3v) is 4.81. The number of ether oxygens (including phenoxy) is 1. The molecule has 1 unspecified atom stereocenters. The van der Waals surface area contributed by atoms with Gasteiger partial charge in [0.2, 0.25) is 5.91 Å². The van der Waals surface area contributed by atoms with Gasteiger partial charge in [-0.05, 0) is 56.1 Å². The van der Waals surface area contributed by atoms with Gasteiger partial charge in [0.1, 0.15) is 11.6 Å². The average Bonchev–Trinajstić information content (AvgIpc) is 2.61. The van der Waals surface area contributed by atoms with Crippen LogP contribution in [-0.2, 0) is 4.79 Å². The fourth-order valence-electron chi connectivity index (χ4n) is 2.37. The Morgan fingerprint density at radius 2 is 1.80 bits per heavy atom. The van der Waals surface area contributed by atoms with E-state index < -0.39 is 0 Å². The van der Waals surface area contributed by atoms with Gasteiger partial charge in [0, 0.05) is 11.4 Å². The van der Waals surface area contributed by atoms with Crippen molar-refractivity contribution in [3.8, 4) is 5.75 Å². The molecule has 0 bridgehead atoms. The zero-order valence-electron chi connectivity index (χ0n) is 14.7. The van der Waals surface area contributed by atoms with Gasteiger partial charge in [0.15, 0.2) is 0 Å². The fourth-order valence-corrected chi connectivity index (χ4v) is 3.09. The largest absolute Gasteiger partial charge is 0.497 e. The summed E-state index contributed by atoms with van der Waals surface area (Å²) in [6, 6.07) is 14.0. The van der Waals surface area contributed by atoms with Crippen LogP contribution < -0.4 is 10.1 Å². The van der Waals surface area contributed by atoms with E-state index in [2.05, 4.69) is 10.2 Å². The van der Waals surface area contributed by atoms with Crippen molar-refractivity contribution in [1.82, 2.24) is 10.2 Å². The number of benzene rings is 2. The molecule has 0 aliphatic heterocycles. The summed E-state index contributed by atoms with van der Waals surface area (Å²) in [5, 5.41) is 2.97. The number of thioether (sulfide) groups is 1. The molecule has 0 radical (unpaired) electrons. The van der Waals surface area contributed by atoms with Crippen LogP contribution in [0.2, 0.25) is 0 Å². The van der Waals surface area contributed by atoms with E-state index in [-0.39, 0.29) is 17.8 Å². The van der Waals surface area contributed by atoms with Gasteiger partial charge >= 0.3 is 0 Å². The molecule has 2 aromatic carbocycles. The smallest absolute Gasteiger partial charge is 0.230 e. The summed E-state index contributed by atoms with van der Waals surface area (Å²) in [4.78, 5) is 15.0. The lowest BCUT2D eigenvalue weighted by Crippen LogP contribution is -2.35. The maximum Gasteiger partial charge on any atom is 0.230 e. The Morgan fingerprint density at radius 1 is 1.16 bits per heavy atom. The number of amides is 1. The SMILES string of the molecule is COc1ccc(C(CNC(=O)CSc2ccc(F)cc2)N(C)C)cc1. The number of likely N-dealkylation sites (N-methyl/N-ethyl adjacent to an activating group) is 1. The van der Waals surface area contributed by atoms with E-state index in [0.717, 1.165) is 16.2 Å². The number of methoxy groups -OCH3 is 1. The van der Waals surface area contributed by atoms with Crippen LogP contribution in [0.5, 0.6) is 5.75 Å². The summed E-state index contributed by atoms with van der Waals surface area (Å²) in [6.45, 7) is 0.516. The molecule has 25 heavy (non-hydrogen) atoms. The van der Waals surface area contributed by atoms with Crippen molar-refractivity contribution in [2.24, 2.45) is 0 Å². The lowest BCUT2D eigenvalue weighted by atomic mass is 10.1. The first-order valence-corrected chi connectivity index (χ1v) is 8.93. The van der Waals surface area contributed by atoms with Crippen LogP contribution >= 0.6 is 11.8 Å². The van der Waals surface area contributed by atoms with Gasteiger partial charge in [-0.15, -0.1) is 11.8 Å². The van der Waals surface area contributed by atoms with Gasteiger partial charge in [0.25, 0.3) is 0 Å². The fraction of sp³-hybridized carbons (Fsp3) is 0.316. The number of carbonyl (C=O) groups is 1. The highest BCUT2D eigenvalue weighted by Crippen LogP contribution is 2.21. The van der Waals surface area contributed by atoms with Crippen LogP contribution in [0.4, 0.5) is 4.39 Å². The van der Waals surface area contributed by atoms with Crippen molar-refractivity contribution in [1.29, 1.82) is 0 Å². The maximum atomic E-state index is 12.9. The molecule has 0 spiro atoms. The summed E-state index contributed by atoms with van der Waals surface area (Å²) in [6.07, 6.45) is 0. The van der Waals surface area contributed by atoms with Crippen LogP contribution in [0.1, 0.15) is 11.6 Å². The van der Waals surface area contributed by atoms with Gasteiger partial charge in [-0.3, -0.25) is 4.79 Å². The zero-order valence-corrected chi connectivity index (χ0v) is 15.5. The van der Waals surface area contributed by atoms with Crippen LogP contribution in [0.15, 0.2) is 53.4 Å². The summed E-state index contributed by atoms with van der Waals surface area (Å²) in [7, 11) is 5.60. The summed E-state index contributed by atoms with van der Waals surface area (Å²) in [5.41, 5.74) is 1.11. The molecular weight excluding hydrogens is 339 g/mol. The van der Waals surface area contributed by atoms with E-state index in [1.807, 2.05) is 38.4 Å². The monoisotopic (exact) mass is 362 g/mol. The van der Waals surface area contributed by atoms with E-state index in [1.165, 1.54) is 23.9 Å². The molecule has 0 saturated heterocycles. The highest BCUT2D eigenvalue weighted by molar-refractivity contribution is 8.00. The van der Waals surface area contributed by atoms with Crippen molar-refractivity contribution in [2.75, 3.05) is 33.5 Å². The highest BCUT2D eigenvalue weighted by atomic mass is 32.2. The summed E-state index contributed by atoms with van der Waals surface area (Å²) < 4.78 is 18.1. The second-order valence-electron chi connectivity index (χ2n) is 5.80. The first kappa shape index (κ1) is 19.3. The van der Waals surface area contributed by atoms with Gasteiger partial charge in [-0.1, -0.05) is 12.1 Å². The van der Waals surface area contributed by atoms with Crippen LogP contribution in [-0.4, -0.2) is 44.3 Å². The Labute approximate surface area is 152 Å². The zero-order chi connectivity index (χ0) is 18.2. The third kappa shape index (κ3) is 6.07. The molecule has 4 nitrogen and oxygen atoms in total. The second-order valence-corrected chi connectivity index (χ2v) is 6.85. The Hall–Kier alpha value is -2.05. The molecule has 2 rings (SSSR count). The molecule has 2 aromatic rings. The van der Waals surface area contributed by atoms with Crippen molar-refractivity contribution >= 4 is 17.7 Å². The summed E-state index contributed by atoms with van der Waals surface area (Å²) in [5.74, 6) is 0.784. The predicted molar refractivity (Wildman–Crippen MR) is 99.6 cm³/mol. The molecule has 1 N–H and O–H groups in total. The summed E-state index contributed by atoms with van der Waals surface area (Å²) >= 11 is 1.39. The Kier molecular flexibility index (Phi) is 7.28. The molecule has 0 aliphatic carbocycles. The molecule has 134 valence electrons. The normalized spacial score (nSPS) is 12.0. The standard InChI is InChI=1S/C19H23FN2O2S/c1-22(2)18(14-4-8-16(24-3)9-5-14)12-21-19(23)13-25-17-10-6-15(20)7-11-17/h4-11,18H,12-13H2,1-3H3,(H,21,23). The number of rotatable bonds is 8. The van der Waals surface area contributed by atoms with E-state index in [9.17, 15) is 9.18 Å². The maximum absolute atomic E-state index is 12.9. The van der Waals surface area contributed by atoms with Gasteiger partial charge in [-0.2, -0.15) is 0 Å². The van der Waals surface area contributed by atoms with Crippen molar-refractivity contribution in [3.63, 3.8) is 0 Å². The molecule has 1 amide bonds. The number of hydrogen-bond donors (Lipinski definition) is 1. The molecule has 0 fully saturated rings. The van der Waals surface area contributed by atoms with Crippen molar-refractivity contribution in [3.05, 3.63) is 59.9 Å². The highest BCUT2D eigenvalue weighted by Gasteiger charge is 2.15. The lowest BCUT2D eigenvalue weighted by Gasteiger charge is -2.25. The quantitative estimate of drug-likeness (QED) is 0.732.